The molecule has 0 atom stereocenters. The lowest BCUT2D eigenvalue weighted by Crippen LogP contribution is -1.99. The van der Waals surface area contributed by atoms with Gasteiger partial charge in [-0.05, 0) is 76.5 Å². The van der Waals surface area contributed by atoms with Crippen LogP contribution < -0.4 is 0 Å². The highest BCUT2D eigenvalue weighted by atomic mass is 15.0. The van der Waals surface area contributed by atoms with E-state index in [4.69, 9.17) is 9.97 Å². The molecule has 0 radical (unpaired) electrons. The molecule has 0 saturated carbocycles. The molecule has 252 valence electrons. The minimum Gasteiger partial charge on any atom is -0.315 e. The molecule has 0 bridgehead atoms. The first-order valence-electron chi connectivity index (χ1n) is 18.3. The van der Waals surface area contributed by atoms with Gasteiger partial charge in [0.1, 0.15) is 0 Å². The maximum absolute atomic E-state index is 5.33. The van der Waals surface area contributed by atoms with Gasteiger partial charge in [-0.2, -0.15) is 0 Å². The van der Waals surface area contributed by atoms with Crippen molar-refractivity contribution in [2.75, 3.05) is 0 Å². The Bertz CT molecular complexity index is 3210. The maximum atomic E-state index is 5.33. The molecule has 0 fully saturated rings. The molecule has 0 saturated heterocycles. The second-order valence-corrected chi connectivity index (χ2v) is 13.9. The molecule has 3 heterocycles. The summed E-state index contributed by atoms with van der Waals surface area (Å²) in [6.07, 6.45) is 2.18. The first kappa shape index (κ1) is 30.3. The maximum Gasteiger partial charge on any atom is 0.160 e. The van der Waals surface area contributed by atoms with E-state index < -0.39 is 0 Å². The minimum absolute atomic E-state index is 0.698. The molecule has 8 aromatic carbocycles. The summed E-state index contributed by atoms with van der Waals surface area (Å²) >= 11 is 0. The number of hydrogen-bond donors (Lipinski definition) is 0. The number of rotatable bonds is 5. The Kier molecular flexibility index (Phi) is 6.82. The summed E-state index contributed by atoms with van der Waals surface area (Å²) in [5, 5.41) is 7.04. The molecule has 3 aromatic heterocycles. The van der Waals surface area contributed by atoms with Crippen LogP contribution in [0.25, 0.3) is 99.5 Å². The predicted molar refractivity (Wildman–Crippen MR) is 225 cm³/mol. The molecule has 0 amide bonds. The van der Waals surface area contributed by atoms with Crippen molar-refractivity contribution < 1.29 is 0 Å². The first-order valence-corrected chi connectivity index (χ1v) is 18.3. The highest BCUT2D eigenvalue weighted by molar-refractivity contribution is 6.18. The van der Waals surface area contributed by atoms with Crippen molar-refractivity contribution in [2.45, 2.75) is 0 Å². The lowest BCUT2D eigenvalue weighted by atomic mass is 9.98. The number of aromatic nitrogens is 4. The molecule has 0 unspecified atom stereocenters. The third kappa shape index (κ3) is 4.85. The van der Waals surface area contributed by atoms with E-state index in [0.29, 0.717) is 5.82 Å². The molecule has 0 N–H and O–H groups in total. The Labute approximate surface area is 311 Å². The minimum atomic E-state index is 0.698. The Balaban J connectivity index is 1.09. The van der Waals surface area contributed by atoms with Crippen LogP contribution in [-0.2, 0) is 0 Å². The van der Waals surface area contributed by atoms with E-state index in [9.17, 15) is 0 Å². The predicted octanol–water partition coefficient (Wildman–Crippen LogP) is 12.8. The third-order valence-corrected chi connectivity index (χ3v) is 10.7. The van der Waals surface area contributed by atoms with Crippen LogP contribution in [-0.4, -0.2) is 19.1 Å². The Morgan fingerprint density at radius 3 is 1.89 bits per heavy atom. The topological polar surface area (TPSA) is 35.6 Å². The largest absolute Gasteiger partial charge is 0.315 e. The van der Waals surface area contributed by atoms with E-state index in [1.165, 1.54) is 49.1 Å². The summed E-state index contributed by atoms with van der Waals surface area (Å²) in [5.74, 6) is 0.698. The fourth-order valence-corrected chi connectivity index (χ4v) is 8.16. The first-order chi connectivity index (χ1) is 26.8. The van der Waals surface area contributed by atoms with Gasteiger partial charge in [-0.1, -0.05) is 133 Å². The summed E-state index contributed by atoms with van der Waals surface area (Å²) in [4.78, 5) is 10.5. The zero-order chi connectivity index (χ0) is 35.6. The molecule has 0 spiro atoms. The van der Waals surface area contributed by atoms with Crippen molar-refractivity contribution in [1.29, 1.82) is 0 Å². The molecule has 54 heavy (non-hydrogen) atoms. The second kappa shape index (κ2) is 12.1. The van der Waals surface area contributed by atoms with E-state index in [0.717, 1.165) is 44.6 Å². The van der Waals surface area contributed by atoms with Crippen LogP contribution in [0, 0.1) is 0 Å². The molecule has 11 rings (SSSR count). The number of hydrogen-bond acceptors (Lipinski definition) is 2. The molecule has 11 aromatic rings. The fourth-order valence-electron chi connectivity index (χ4n) is 8.16. The van der Waals surface area contributed by atoms with Gasteiger partial charge in [0.25, 0.3) is 0 Å². The van der Waals surface area contributed by atoms with E-state index in [2.05, 4.69) is 203 Å². The van der Waals surface area contributed by atoms with Crippen LogP contribution in [0.15, 0.2) is 194 Å². The SMILES string of the molecule is c1ccc(-c2ccc3cc(-c4nc(-c5cccc(-n6c7ccccc7c7ccc8ccn(-c9ccccc9)c8c76)c5)nc5ccccc45)ccc3c2)cc1. The van der Waals surface area contributed by atoms with E-state index >= 15 is 0 Å². The van der Waals surface area contributed by atoms with Gasteiger partial charge >= 0.3 is 0 Å². The zero-order valence-electron chi connectivity index (χ0n) is 29.3. The average molecular weight is 689 g/mol. The number of nitrogens with zero attached hydrogens (tertiary/aromatic N) is 4. The van der Waals surface area contributed by atoms with Gasteiger partial charge in [0.2, 0.25) is 0 Å². The lowest BCUT2D eigenvalue weighted by molar-refractivity contribution is 1.11. The van der Waals surface area contributed by atoms with Crippen LogP contribution in [0.2, 0.25) is 0 Å². The van der Waals surface area contributed by atoms with Gasteiger partial charge in [-0.3, -0.25) is 0 Å². The molecule has 0 aliphatic rings. The van der Waals surface area contributed by atoms with Crippen LogP contribution in [0.5, 0.6) is 0 Å². The van der Waals surface area contributed by atoms with Crippen LogP contribution >= 0.6 is 0 Å². The standard InChI is InChI=1S/C50H32N4/c1-3-12-33(13-4-1)35-22-23-37-31-38(25-24-36(37)30-35)47-44-19-7-9-20-45(44)51-50(52-47)39-14-11-17-41(32-39)54-46-21-10-8-18-42(46)43-27-26-34-28-29-53(48(34)49(43)54)40-15-5-2-6-16-40/h1-32H. The van der Waals surface area contributed by atoms with Crippen molar-refractivity contribution in [3.63, 3.8) is 0 Å². The Morgan fingerprint density at radius 1 is 0.370 bits per heavy atom. The number of benzene rings is 8. The highest BCUT2D eigenvalue weighted by Crippen LogP contribution is 2.39. The normalized spacial score (nSPS) is 11.7. The fraction of sp³-hybridized carbons (Fsp3) is 0. The quantitative estimate of drug-likeness (QED) is 0.180. The van der Waals surface area contributed by atoms with E-state index in [1.807, 2.05) is 0 Å². The highest BCUT2D eigenvalue weighted by Gasteiger charge is 2.19. The van der Waals surface area contributed by atoms with E-state index in [-0.39, 0.29) is 0 Å². The van der Waals surface area contributed by atoms with Gasteiger partial charge in [0.05, 0.1) is 27.8 Å². The van der Waals surface area contributed by atoms with Crippen molar-refractivity contribution >= 4 is 54.4 Å². The van der Waals surface area contributed by atoms with Gasteiger partial charge < -0.3 is 9.13 Å². The molecule has 0 aliphatic carbocycles. The molecule has 0 aliphatic heterocycles. The van der Waals surface area contributed by atoms with Crippen molar-refractivity contribution in [3.05, 3.63) is 194 Å². The van der Waals surface area contributed by atoms with Gasteiger partial charge in [0, 0.05) is 50.2 Å². The molecule has 4 heteroatoms. The zero-order valence-corrected chi connectivity index (χ0v) is 29.3. The smallest absolute Gasteiger partial charge is 0.160 e. The molecular formula is C50H32N4. The van der Waals surface area contributed by atoms with Crippen molar-refractivity contribution in [2.24, 2.45) is 0 Å². The summed E-state index contributed by atoms with van der Waals surface area (Å²) in [6.45, 7) is 0. The summed E-state index contributed by atoms with van der Waals surface area (Å²) in [7, 11) is 0. The number of fused-ring (bicyclic) bond motifs is 7. The molecule has 4 nitrogen and oxygen atoms in total. The summed E-state index contributed by atoms with van der Waals surface area (Å²) in [6, 6.07) is 66.9. The lowest BCUT2D eigenvalue weighted by Gasteiger charge is -2.14. The summed E-state index contributed by atoms with van der Waals surface area (Å²) in [5.41, 5.74) is 12.0. The number of para-hydroxylation sites is 3. The second-order valence-electron chi connectivity index (χ2n) is 13.9. The summed E-state index contributed by atoms with van der Waals surface area (Å²) < 4.78 is 4.71. The monoisotopic (exact) mass is 688 g/mol. The van der Waals surface area contributed by atoms with Crippen LogP contribution in [0.3, 0.4) is 0 Å². The van der Waals surface area contributed by atoms with Gasteiger partial charge in [-0.25, -0.2) is 9.97 Å². The Morgan fingerprint density at radius 2 is 1.04 bits per heavy atom. The Hall–Kier alpha value is -7.30. The van der Waals surface area contributed by atoms with E-state index in [1.54, 1.807) is 0 Å². The molecular weight excluding hydrogens is 657 g/mol. The van der Waals surface area contributed by atoms with Crippen molar-refractivity contribution in [3.8, 4) is 45.1 Å². The van der Waals surface area contributed by atoms with Crippen LogP contribution in [0.1, 0.15) is 0 Å². The van der Waals surface area contributed by atoms with Crippen molar-refractivity contribution in [1.82, 2.24) is 19.1 Å². The third-order valence-electron chi connectivity index (χ3n) is 10.7. The van der Waals surface area contributed by atoms with Gasteiger partial charge in [-0.15, -0.1) is 0 Å². The van der Waals surface area contributed by atoms with Gasteiger partial charge in [0.15, 0.2) is 5.82 Å². The van der Waals surface area contributed by atoms with Crippen LogP contribution in [0.4, 0.5) is 0 Å². The average Bonchev–Trinajstić information content (AvgIpc) is 3.83.